The topological polar surface area (TPSA) is 66.4 Å². The lowest BCUT2D eigenvalue weighted by Gasteiger charge is -2.36. The van der Waals surface area contributed by atoms with Gasteiger partial charge in [0, 0.05) is 52.6 Å². The molecule has 172 valence electrons. The quantitative estimate of drug-likeness (QED) is 0.582. The predicted octanol–water partition coefficient (Wildman–Crippen LogP) is 3.75. The van der Waals surface area contributed by atoms with Crippen LogP contribution in [-0.2, 0) is 4.74 Å². The van der Waals surface area contributed by atoms with Crippen molar-refractivity contribution >= 4 is 12.1 Å². The van der Waals surface area contributed by atoms with Gasteiger partial charge in [-0.2, -0.15) is 0 Å². The third-order valence-corrected chi connectivity index (χ3v) is 5.81. The van der Waals surface area contributed by atoms with Crippen LogP contribution in [0.25, 0.3) is 0 Å². The van der Waals surface area contributed by atoms with Gasteiger partial charge in [0.15, 0.2) is 5.96 Å². The van der Waals surface area contributed by atoms with E-state index in [2.05, 4.69) is 15.2 Å². The summed E-state index contributed by atoms with van der Waals surface area (Å²) < 4.78 is 11.6. The highest BCUT2D eigenvalue weighted by molar-refractivity contribution is 5.80. The van der Waals surface area contributed by atoms with E-state index in [4.69, 9.17) is 9.47 Å². The summed E-state index contributed by atoms with van der Waals surface area (Å²) >= 11 is 0. The number of nitrogens with one attached hydrogen (secondary N) is 1. The average molecular weight is 431 g/mol. The van der Waals surface area contributed by atoms with E-state index in [-0.39, 0.29) is 12.2 Å². The van der Waals surface area contributed by atoms with Crippen molar-refractivity contribution in [3.05, 3.63) is 30.3 Å². The second-order valence-corrected chi connectivity index (χ2v) is 9.46. The van der Waals surface area contributed by atoms with Gasteiger partial charge in [-0.25, -0.2) is 4.79 Å². The molecule has 31 heavy (non-hydrogen) atoms. The summed E-state index contributed by atoms with van der Waals surface area (Å²) in [4.78, 5) is 20.9. The van der Waals surface area contributed by atoms with E-state index in [9.17, 15) is 4.79 Å². The molecule has 0 spiro atoms. The fourth-order valence-corrected chi connectivity index (χ4v) is 4.09. The highest BCUT2D eigenvalue weighted by Crippen LogP contribution is 2.21. The molecule has 0 radical (unpaired) electrons. The van der Waals surface area contributed by atoms with E-state index < -0.39 is 5.60 Å². The van der Waals surface area contributed by atoms with Crippen LogP contribution in [0.5, 0.6) is 5.75 Å². The number of hydrogen-bond acceptors (Lipinski definition) is 4. The number of carbonyl (C=O) groups excluding carboxylic acids is 1. The van der Waals surface area contributed by atoms with E-state index in [0.29, 0.717) is 5.92 Å². The summed E-state index contributed by atoms with van der Waals surface area (Å²) in [5.41, 5.74) is -0.443. The zero-order chi connectivity index (χ0) is 22.3. The van der Waals surface area contributed by atoms with Gasteiger partial charge in [0.1, 0.15) is 17.5 Å². The van der Waals surface area contributed by atoms with E-state index >= 15 is 0 Å². The van der Waals surface area contributed by atoms with Crippen molar-refractivity contribution in [2.24, 2.45) is 10.9 Å². The predicted molar refractivity (Wildman–Crippen MR) is 124 cm³/mol. The molecule has 0 aromatic heterocycles. The van der Waals surface area contributed by atoms with Crippen LogP contribution in [0.15, 0.2) is 35.3 Å². The number of guanidine groups is 1. The van der Waals surface area contributed by atoms with Crippen molar-refractivity contribution in [3.63, 3.8) is 0 Å². The van der Waals surface area contributed by atoms with E-state index in [1.165, 1.54) is 0 Å². The van der Waals surface area contributed by atoms with Gasteiger partial charge in [-0.3, -0.25) is 4.99 Å². The number of nitrogens with zero attached hydrogens (tertiary/aromatic N) is 3. The molecule has 1 N–H and O–H groups in total. The van der Waals surface area contributed by atoms with Crippen LogP contribution in [0.4, 0.5) is 4.79 Å². The molecule has 1 amide bonds. The number of amides is 1. The van der Waals surface area contributed by atoms with Crippen LogP contribution in [0.3, 0.4) is 0 Å². The van der Waals surface area contributed by atoms with Crippen LogP contribution in [0, 0.1) is 5.92 Å². The number of carbonyl (C=O) groups is 1. The summed E-state index contributed by atoms with van der Waals surface area (Å²) in [7, 11) is 1.85. The summed E-state index contributed by atoms with van der Waals surface area (Å²) in [5, 5.41) is 3.56. The minimum atomic E-state index is -0.443. The van der Waals surface area contributed by atoms with Crippen LogP contribution < -0.4 is 10.1 Å². The van der Waals surface area contributed by atoms with Gasteiger partial charge in [-0.15, -0.1) is 0 Å². The smallest absolute Gasteiger partial charge is 0.410 e. The number of hydrogen-bond donors (Lipinski definition) is 1. The Morgan fingerprint density at radius 3 is 2.23 bits per heavy atom. The summed E-state index contributed by atoms with van der Waals surface area (Å²) in [6.07, 6.45) is 4.00. The number of para-hydroxylation sites is 1. The molecular weight excluding hydrogens is 392 g/mol. The first kappa shape index (κ1) is 23.2. The number of benzene rings is 1. The minimum Gasteiger partial charge on any atom is -0.490 e. The van der Waals surface area contributed by atoms with Gasteiger partial charge in [-0.05, 0) is 51.7 Å². The van der Waals surface area contributed by atoms with Crippen molar-refractivity contribution in [2.75, 3.05) is 39.8 Å². The molecular formula is C24H38N4O3. The molecule has 1 aromatic rings. The Kier molecular flexibility index (Phi) is 8.04. The number of ether oxygens (including phenoxy) is 2. The lowest BCUT2D eigenvalue weighted by Crippen LogP contribution is -2.49. The van der Waals surface area contributed by atoms with Crippen molar-refractivity contribution in [3.8, 4) is 5.75 Å². The average Bonchev–Trinajstić information content (AvgIpc) is 2.75. The van der Waals surface area contributed by atoms with Crippen molar-refractivity contribution in [1.29, 1.82) is 0 Å². The van der Waals surface area contributed by atoms with E-state index in [1.807, 2.05) is 63.1 Å². The molecule has 2 heterocycles. The van der Waals surface area contributed by atoms with Crippen LogP contribution >= 0.6 is 0 Å². The number of aliphatic imine (C=N–C) groups is 1. The molecule has 2 fully saturated rings. The summed E-state index contributed by atoms with van der Waals surface area (Å²) in [6.45, 7) is 9.99. The second-order valence-electron chi connectivity index (χ2n) is 9.46. The maximum Gasteiger partial charge on any atom is 0.410 e. The zero-order valence-electron chi connectivity index (χ0n) is 19.5. The fourth-order valence-electron chi connectivity index (χ4n) is 4.09. The van der Waals surface area contributed by atoms with Gasteiger partial charge in [0.25, 0.3) is 0 Å². The highest BCUT2D eigenvalue weighted by Gasteiger charge is 2.28. The molecule has 7 nitrogen and oxygen atoms in total. The zero-order valence-corrected chi connectivity index (χ0v) is 19.5. The van der Waals surface area contributed by atoms with E-state index in [0.717, 1.165) is 70.1 Å². The Morgan fingerprint density at radius 2 is 1.65 bits per heavy atom. The molecule has 2 aliphatic rings. The maximum absolute atomic E-state index is 12.2. The molecule has 0 unspecified atom stereocenters. The standard InChI is InChI=1S/C24H38N4O3/c1-24(2,3)31-23(29)28-14-10-19(11-15-28)18-26-22(25-4)27-16-12-21(13-17-27)30-20-8-6-5-7-9-20/h5-9,19,21H,10-18H2,1-4H3,(H,25,26). The molecule has 3 rings (SSSR count). The molecule has 2 saturated heterocycles. The first-order valence-corrected chi connectivity index (χ1v) is 11.5. The molecule has 2 aliphatic heterocycles. The number of likely N-dealkylation sites (tertiary alicyclic amines) is 2. The normalized spacial score (nSPS) is 19.3. The molecule has 0 aliphatic carbocycles. The van der Waals surface area contributed by atoms with Crippen molar-refractivity contribution < 1.29 is 14.3 Å². The van der Waals surface area contributed by atoms with Crippen LogP contribution in [-0.4, -0.2) is 73.3 Å². The first-order chi connectivity index (χ1) is 14.8. The van der Waals surface area contributed by atoms with Crippen molar-refractivity contribution in [1.82, 2.24) is 15.1 Å². The summed E-state index contributed by atoms with van der Waals surface area (Å²) in [5.74, 6) is 2.45. The SMILES string of the molecule is CN=C(NCC1CCN(C(=O)OC(C)(C)C)CC1)N1CCC(Oc2ccccc2)CC1. The Bertz CT molecular complexity index is 716. The number of piperidine rings is 2. The van der Waals surface area contributed by atoms with Crippen LogP contribution in [0.1, 0.15) is 46.5 Å². The summed E-state index contributed by atoms with van der Waals surface area (Å²) in [6, 6.07) is 10.1. The molecule has 7 heteroatoms. The monoisotopic (exact) mass is 430 g/mol. The fraction of sp³-hybridized carbons (Fsp3) is 0.667. The molecule has 1 aromatic carbocycles. The highest BCUT2D eigenvalue weighted by atomic mass is 16.6. The minimum absolute atomic E-state index is 0.199. The third kappa shape index (κ3) is 7.33. The Balaban J connectivity index is 1.37. The third-order valence-electron chi connectivity index (χ3n) is 5.81. The molecule has 0 atom stereocenters. The van der Waals surface area contributed by atoms with Gasteiger partial charge in [-0.1, -0.05) is 18.2 Å². The Morgan fingerprint density at radius 1 is 1.03 bits per heavy atom. The lowest BCUT2D eigenvalue weighted by molar-refractivity contribution is 0.0185. The maximum atomic E-state index is 12.2. The lowest BCUT2D eigenvalue weighted by atomic mass is 9.97. The van der Waals surface area contributed by atoms with Gasteiger partial charge < -0.3 is 24.6 Å². The second kappa shape index (κ2) is 10.7. The first-order valence-electron chi connectivity index (χ1n) is 11.5. The van der Waals surface area contributed by atoms with Crippen LogP contribution in [0.2, 0.25) is 0 Å². The number of rotatable bonds is 4. The largest absolute Gasteiger partial charge is 0.490 e. The van der Waals surface area contributed by atoms with E-state index in [1.54, 1.807) is 0 Å². The van der Waals surface area contributed by atoms with Gasteiger partial charge >= 0.3 is 6.09 Å². The van der Waals surface area contributed by atoms with Gasteiger partial charge in [0.05, 0.1) is 0 Å². The molecule has 0 bridgehead atoms. The molecule has 0 saturated carbocycles. The van der Waals surface area contributed by atoms with Crippen molar-refractivity contribution in [2.45, 2.75) is 58.2 Å². The Labute approximate surface area is 186 Å². The Hall–Kier alpha value is -2.44. The van der Waals surface area contributed by atoms with Gasteiger partial charge in [0.2, 0.25) is 0 Å².